The first-order valence-corrected chi connectivity index (χ1v) is 29.4. The summed E-state index contributed by atoms with van der Waals surface area (Å²) in [4.78, 5) is 26.5. The number of rotatable bonds is 47. The largest absolute Gasteiger partial charge is 0.454 e. The van der Waals surface area contributed by atoms with E-state index < -0.39 is 67.4 Å². The first-order valence-electron chi connectivity index (χ1n) is 29.4. The molecule has 0 radical (unpaired) electrons. The molecule has 0 aromatic rings. The maximum atomic E-state index is 13.4. The molecule has 1 aliphatic heterocycles. The van der Waals surface area contributed by atoms with Crippen molar-refractivity contribution in [3.63, 3.8) is 0 Å². The van der Waals surface area contributed by atoms with Gasteiger partial charge in [-0.3, -0.25) is 9.59 Å². The van der Waals surface area contributed by atoms with Crippen LogP contribution in [-0.4, -0.2) is 99.6 Å². The van der Waals surface area contributed by atoms with Gasteiger partial charge in [0.2, 0.25) is 5.91 Å². The maximum absolute atomic E-state index is 13.4. The van der Waals surface area contributed by atoms with Crippen LogP contribution < -0.4 is 5.32 Å². The molecule has 0 bridgehead atoms. The lowest BCUT2D eigenvalue weighted by Crippen LogP contribution is -2.61. The molecule has 1 rings (SSSR count). The number of carbonyl (C=O) groups is 2. The molecule has 426 valence electrons. The topological polar surface area (TPSA) is 175 Å². The van der Waals surface area contributed by atoms with Gasteiger partial charge in [-0.25, -0.2) is 0 Å². The van der Waals surface area contributed by atoms with Crippen molar-refractivity contribution in [3.8, 4) is 0 Å². The number of unbranched alkanes of at least 4 members (excludes halogenated alkanes) is 20. The zero-order valence-corrected chi connectivity index (χ0v) is 46.9. The van der Waals surface area contributed by atoms with E-state index in [0.717, 1.165) is 89.9 Å². The highest BCUT2D eigenvalue weighted by Crippen LogP contribution is 2.26. The Balaban J connectivity index is 2.80. The summed E-state index contributed by atoms with van der Waals surface area (Å²) < 4.78 is 17.5. The normalized spacial score (nSPS) is 20.1. The van der Waals surface area contributed by atoms with E-state index in [9.17, 15) is 35.1 Å². The molecule has 11 heteroatoms. The number of aliphatic hydroxyl groups excluding tert-OH is 5. The SMILES string of the molecule is CC\C=C/C=C/C=C/C=C\C=C\C=C\CCCCC(O)C(=O)NC(COC1OC(CO)C(O)C(O)C1OC(=O)CCCCCC/C=C\C/C=C\C/C=C\CCCCC)C(O)/C=C/CCCCCCCCCCCCC. The molecule has 0 aromatic heterocycles. The van der Waals surface area contributed by atoms with E-state index in [1.165, 1.54) is 70.6 Å². The minimum Gasteiger partial charge on any atom is -0.454 e. The molecule has 0 spiro atoms. The second kappa shape index (κ2) is 50.9. The smallest absolute Gasteiger partial charge is 0.306 e. The summed E-state index contributed by atoms with van der Waals surface area (Å²) in [6.07, 6.45) is 59.4. The summed E-state index contributed by atoms with van der Waals surface area (Å²) >= 11 is 0. The number of allylic oxidation sites excluding steroid dienone is 19. The fraction of sp³-hybridized carbons (Fsp3) is 0.656. The van der Waals surface area contributed by atoms with Gasteiger partial charge in [-0.2, -0.15) is 0 Å². The van der Waals surface area contributed by atoms with E-state index in [4.69, 9.17) is 14.2 Å². The van der Waals surface area contributed by atoms with Gasteiger partial charge in [-0.15, -0.1) is 0 Å². The van der Waals surface area contributed by atoms with Gasteiger partial charge >= 0.3 is 5.97 Å². The third kappa shape index (κ3) is 39.1. The zero-order valence-electron chi connectivity index (χ0n) is 46.9. The van der Waals surface area contributed by atoms with E-state index in [1.54, 1.807) is 6.08 Å². The van der Waals surface area contributed by atoms with Crippen LogP contribution >= 0.6 is 0 Å². The van der Waals surface area contributed by atoms with E-state index >= 15 is 0 Å². The van der Waals surface area contributed by atoms with Crippen LogP contribution in [0.5, 0.6) is 0 Å². The van der Waals surface area contributed by atoms with Gasteiger partial charge in [-0.05, 0) is 83.5 Å². The standard InChI is InChI=1S/C64H105NO10/c1-4-7-10-13-16-19-22-25-27-29-31-34-37-40-43-46-49-52-59(69)75-62-61(71)60(70)58(53-66)74-64(62)73-54-55(56(67)50-47-44-41-38-35-32-24-21-18-15-12-9-6-3)65-63(72)57(68)51-48-45-42-39-36-33-30-28-26-23-20-17-14-11-8-5-2/h8,11,14,16-17,19-20,23,25-28,30-31,33-34,36,39,47,50,55-58,60-62,64,66-68,70-71H,4-7,9-10,12-13,15,18,21-22,24,29,32,35,37-38,40-46,48-49,51-54H2,1-3H3,(H,65,72)/b11-8-,17-14+,19-16-,23-20+,27-25-,28-26-,33-30+,34-31-,39-36+,50-47+. The number of hydrogen-bond donors (Lipinski definition) is 6. The van der Waals surface area contributed by atoms with Crippen LogP contribution in [0.25, 0.3) is 0 Å². The average molecular weight is 1050 g/mol. The van der Waals surface area contributed by atoms with Crippen LogP contribution in [0.1, 0.15) is 207 Å². The summed E-state index contributed by atoms with van der Waals surface area (Å²) in [5.74, 6) is -1.27. The molecule has 1 heterocycles. The lowest BCUT2D eigenvalue weighted by Gasteiger charge is -2.41. The van der Waals surface area contributed by atoms with Crippen molar-refractivity contribution in [2.45, 2.75) is 256 Å². The van der Waals surface area contributed by atoms with Crippen molar-refractivity contribution in [1.82, 2.24) is 5.32 Å². The van der Waals surface area contributed by atoms with E-state index in [2.05, 4.69) is 68.6 Å². The second-order valence-electron chi connectivity index (χ2n) is 19.8. The number of carbonyl (C=O) groups excluding carboxylic acids is 2. The number of aliphatic hydroxyl groups is 5. The van der Waals surface area contributed by atoms with Crippen LogP contribution in [0.15, 0.2) is 122 Å². The number of esters is 1. The Kier molecular flexibility index (Phi) is 46.8. The van der Waals surface area contributed by atoms with Crippen molar-refractivity contribution >= 4 is 11.9 Å². The van der Waals surface area contributed by atoms with Gasteiger partial charge in [0.25, 0.3) is 0 Å². The number of ether oxygens (including phenoxy) is 3. The van der Waals surface area contributed by atoms with Crippen LogP contribution in [0, 0.1) is 0 Å². The molecule has 1 fully saturated rings. The fourth-order valence-corrected chi connectivity index (χ4v) is 8.33. The Morgan fingerprint density at radius 1 is 0.547 bits per heavy atom. The molecule has 11 nitrogen and oxygen atoms in total. The highest BCUT2D eigenvalue weighted by molar-refractivity contribution is 5.80. The van der Waals surface area contributed by atoms with Gasteiger partial charge in [0.05, 0.1) is 25.4 Å². The lowest BCUT2D eigenvalue weighted by atomic mass is 9.99. The predicted octanol–water partition coefficient (Wildman–Crippen LogP) is 13.5. The zero-order chi connectivity index (χ0) is 54.7. The van der Waals surface area contributed by atoms with E-state index in [-0.39, 0.29) is 19.4 Å². The first-order chi connectivity index (χ1) is 36.7. The van der Waals surface area contributed by atoms with E-state index in [0.29, 0.717) is 12.8 Å². The predicted molar refractivity (Wildman–Crippen MR) is 310 cm³/mol. The van der Waals surface area contributed by atoms with Crippen molar-refractivity contribution in [2.75, 3.05) is 13.2 Å². The molecule has 1 saturated heterocycles. The Labute approximate surface area is 455 Å². The Bertz CT molecular complexity index is 1680. The minimum atomic E-state index is -1.64. The minimum absolute atomic E-state index is 0.0849. The molecule has 0 saturated carbocycles. The molecule has 8 unspecified atom stereocenters. The average Bonchev–Trinajstić information content (AvgIpc) is 3.41. The van der Waals surface area contributed by atoms with Gasteiger partial charge in [0.15, 0.2) is 12.4 Å². The highest BCUT2D eigenvalue weighted by Gasteiger charge is 2.47. The van der Waals surface area contributed by atoms with Crippen molar-refractivity contribution in [3.05, 3.63) is 122 Å². The maximum Gasteiger partial charge on any atom is 0.306 e. The third-order valence-electron chi connectivity index (χ3n) is 13.0. The number of hydrogen-bond acceptors (Lipinski definition) is 10. The molecular formula is C64H105NO10. The molecule has 0 aromatic carbocycles. The van der Waals surface area contributed by atoms with Crippen LogP contribution in [0.2, 0.25) is 0 Å². The Hall–Kier alpha value is -3.94. The third-order valence-corrected chi connectivity index (χ3v) is 13.0. The van der Waals surface area contributed by atoms with Crippen LogP contribution in [0.4, 0.5) is 0 Å². The highest BCUT2D eigenvalue weighted by atomic mass is 16.7. The van der Waals surface area contributed by atoms with Gasteiger partial charge in [0.1, 0.15) is 24.4 Å². The molecule has 8 atom stereocenters. The second-order valence-corrected chi connectivity index (χ2v) is 19.8. The summed E-state index contributed by atoms with van der Waals surface area (Å²) in [6.45, 7) is 5.55. The molecule has 75 heavy (non-hydrogen) atoms. The van der Waals surface area contributed by atoms with Gasteiger partial charge < -0.3 is 45.1 Å². The van der Waals surface area contributed by atoms with Crippen molar-refractivity contribution in [2.24, 2.45) is 0 Å². The van der Waals surface area contributed by atoms with Crippen LogP contribution in [-0.2, 0) is 23.8 Å². The summed E-state index contributed by atoms with van der Waals surface area (Å²) in [7, 11) is 0. The summed E-state index contributed by atoms with van der Waals surface area (Å²) in [5, 5.41) is 56.8. The molecule has 6 N–H and O–H groups in total. The molecular weight excluding hydrogens is 943 g/mol. The monoisotopic (exact) mass is 1050 g/mol. The van der Waals surface area contributed by atoms with E-state index in [1.807, 2.05) is 72.9 Å². The lowest BCUT2D eigenvalue weighted by molar-refractivity contribution is -0.305. The molecule has 0 aliphatic carbocycles. The van der Waals surface area contributed by atoms with Crippen molar-refractivity contribution < 1.29 is 49.3 Å². The quantitative estimate of drug-likeness (QED) is 0.0149. The van der Waals surface area contributed by atoms with Gasteiger partial charge in [0, 0.05) is 6.42 Å². The van der Waals surface area contributed by atoms with Gasteiger partial charge in [-0.1, -0.05) is 239 Å². The molecule has 1 aliphatic rings. The fourth-order valence-electron chi connectivity index (χ4n) is 8.33. The first kappa shape index (κ1) is 69.1. The van der Waals surface area contributed by atoms with Crippen molar-refractivity contribution in [1.29, 1.82) is 0 Å². The molecule has 1 amide bonds. The number of nitrogens with one attached hydrogen (secondary N) is 1. The number of amides is 1. The van der Waals surface area contributed by atoms with Crippen LogP contribution in [0.3, 0.4) is 0 Å². The Morgan fingerprint density at radius 3 is 1.59 bits per heavy atom. The summed E-state index contributed by atoms with van der Waals surface area (Å²) in [6, 6.07) is -1.06. The Morgan fingerprint density at radius 2 is 1.01 bits per heavy atom. The summed E-state index contributed by atoms with van der Waals surface area (Å²) in [5.41, 5.74) is 0.